The van der Waals surface area contributed by atoms with Crippen molar-refractivity contribution in [3.05, 3.63) is 59.3 Å². The van der Waals surface area contributed by atoms with Crippen LogP contribution in [0, 0.1) is 0 Å². The smallest absolute Gasteiger partial charge is 0.337 e. The summed E-state index contributed by atoms with van der Waals surface area (Å²) in [5, 5.41) is 2.89. The Morgan fingerprint density at radius 3 is 2.62 bits per heavy atom. The van der Waals surface area contributed by atoms with Crippen molar-refractivity contribution in [3.63, 3.8) is 0 Å². The molecule has 2 rings (SSSR count). The van der Waals surface area contributed by atoms with Gasteiger partial charge < -0.3 is 14.8 Å². The highest BCUT2D eigenvalue weighted by Crippen LogP contribution is 2.14. The second-order valence-corrected chi connectivity index (χ2v) is 5.78. The van der Waals surface area contributed by atoms with Crippen molar-refractivity contribution in [2.45, 2.75) is 32.7 Å². The molecule has 0 atom stereocenters. The predicted octanol–water partition coefficient (Wildman–Crippen LogP) is 2.91. The summed E-state index contributed by atoms with van der Waals surface area (Å²) in [6.07, 6.45) is 3.54. The first kappa shape index (κ1) is 19.4. The Hall–Kier alpha value is -2.89. The number of methoxy groups -OCH3 is 1. The Labute approximate surface area is 153 Å². The Morgan fingerprint density at radius 1 is 1.15 bits per heavy atom. The Kier molecular flexibility index (Phi) is 7.61. The van der Waals surface area contributed by atoms with Crippen LogP contribution in [0.15, 0.2) is 42.6 Å². The lowest BCUT2D eigenvalue weighted by molar-refractivity contribution is -0.121. The van der Waals surface area contributed by atoms with Crippen LogP contribution in [0.4, 0.5) is 0 Å². The minimum atomic E-state index is -0.369. The molecule has 6 nitrogen and oxygen atoms in total. The van der Waals surface area contributed by atoms with Crippen LogP contribution in [0.3, 0.4) is 0 Å². The number of hydrogen-bond donors (Lipinski definition) is 1. The quantitative estimate of drug-likeness (QED) is 0.699. The van der Waals surface area contributed by atoms with Gasteiger partial charge in [-0.25, -0.2) is 9.78 Å². The highest BCUT2D eigenvalue weighted by Gasteiger charge is 2.08. The van der Waals surface area contributed by atoms with E-state index < -0.39 is 0 Å². The van der Waals surface area contributed by atoms with Crippen LogP contribution in [-0.4, -0.2) is 30.6 Å². The van der Waals surface area contributed by atoms with Gasteiger partial charge in [-0.1, -0.05) is 25.1 Å². The summed E-state index contributed by atoms with van der Waals surface area (Å²) in [7, 11) is 1.35. The van der Waals surface area contributed by atoms with Crippen LogP contribution >= 0.6 is 0 Å². The van der Waals surface area contributed by atoms with E-state index in [-0.39, 0.29) is 11.9 Å². The summed E-state index contributed by atoms with van der Waals surface area (Å²) in [6, 6.07) is 10.8. The zero-order valence-corrected chi connectivity index (χ0v) is 15.2. The molecule has 1 N–H and O–H groups in total. The summed E-state index contributed by atoms with van der Waals surface area (Å²) in [5.74, 6) is 0.146. The van der Waals surface area contributed by atoms with E-state index in [9.17, 15) is 9.59 Å². The van der Waals surface area contributed by atoms with Gasteiger partial charge in [0.25, 0.3) is 0 Å². The van der Waals surface area contributed by atoms with Crippen molar-refractivity contribution in [1.82, 2.24) is 10.3 Å². The molecule has 1 heterocycles. The first-order valence-corrected chi connectivity index (χ1v) is 8.64. The molecule has 26 heavy (non-hydrogen) atoms. The number of amides is 1. The van der Waals surface area contributed by atoms with Gasteiger partial charge in [-0.3, -0.25) is 4.79 Å². The molecule has 0 bridgehead atoms. The van der Waals surface area contributed by atoms with Gasteiger partial charge in [-0.15, -0.1) is 0 Å². The molecule has 0 saturated heterocycles. The van der Waals surface area contributed by atoms with Crippen molar-refractivity contribution in [2.24, 2.45) is 0 Å². The van der Waals surface area contributed by atoms with Crippen molar-refractivity contribution >= 4 is 11.9 Å². The lowest BCUT2D eigenvalue weighted by Gasteiger charge is -2.10. The summed E-state index contributed by atoms with van der Waals surface area (Å²) in [5.41, 5.74) is 2.34. The van der Waals surface area contributed by atoms with Crippen LogP contribution in [0.5, 0.6) is 5.88 Å². The van der Waals surface area contributed by atoms with E-state index in [4.69, 9.17) is 4.74 Å². The Bertz CT molecular complexity index is 729. The van der Waals surface area contributed by atoms with E-state index in [2.05, 4.69) is 15.0 Å². The summed E-state index contributed by atoms with van der Waals surface area (Å²) < 4.78 is 10.3. The molecule has 1 aromatic heterocycles. The maximum atomic E-state index is 12.1. The monoisotopic (exact) mass is 356 g/mol. The molecule has 0 fully saturated rings. The number of esters is 1. The third-order valence-electron chi connectivity index (χ3n) is 3.78. The molecule has 0 unspecified atom stereocenters. The normalized spacial score (nSPS) is 10.2. The largest absolute Gasteiger partial charge is 0.477 e. The van der Waals surface area contributed by atoms with Crippen LogP contribution in [0.2, 0.25) is 0 Å². The van der Waals surface area contributed by atoms with Gasteiger partial charge in [0.05, 0.1) is 19.3 Å². The van der Waals surface area contributed by atoms with Crippen LogP contribution < -0.4 is 10.1 Å². The zero-order valence-electron chi connectivity index (χ0n) is 15.2. The number of nitrogens with zero attached hydrogens (tertiary/aromatic N) is 1. The topological polar surface area (TPSA) is 77.5 Å². The van der Waals surface area contributed by atoms with E-state index >= 15 is 0 Å². The number of aryl methyl sites for hydroxylation is 1. The fourth-order valence-electron chi connectivity index (χ4n) is 2.35. The molecule has 6 heteroatoms. The average molecular weight is 356 g/mol. The third kappa shape index (κ3) is 5.88. The molecule has 1 amide bonds. The summed E-state index contributed by atoms with van der Waals surface area (Å²) in [6.45, 7) is 3.01. The van der Waals surface area contributed by atoms with Crippen LogP contribution in [0.25, 0.3) is 0 Å². The fraction of sp³-hybridized carbons (Fsp3) is 0.350. The maximum Gasteiger partial charge on any atom is 0.337 e. The predicted molar refractivity (Wildman–Crippen MR) is 98.0 cm³/mol. The van der Waals surface area contributed by atoms with Crippen LogP contribution in [0.1, 0.15) is 41.3 Å². The van der Waals surface area contributed by atoms with Crippen LogP contribution in [-0.2, 0) is 22.5 Å². The Balaban J connectivity index is 1.81. The molecule has 0 radical (unpaired) electrons. The van der Waals surface area contributed by atoms with E-state index in [1.54, 1.807) is 18.3 Å². The minimum absolute atomic E-state index is 0.0488. The van der Waals surface area contributed by atoms with Crippen molar-refractivity contribution in [1.29, 1.82) is 0 Å². The number of aromatic nitrogens is 1. The van der Waals surface area contributed by atoms with E-state index in [0.717, 1.165) is 17.5 Å². The van der Waals surface area contributed by atoms with Gasteiger partial charge in [0.15, 0.2) is 0 Å². The van der Waals surface area contributed by atoms with Crippen molar-refractivity contribution in [2.75, 3.05) is 13.7 Å². The number of rotatable bonds is 9. The van der Waals surface area contributed by atoms with Gasteiger partial charge in [-0.2, -0.15) is 0 Å². The van der Waals surface area contributed by atoms with Gasteiger partial charge >= 0.3 is 5.97 Å². The number of nitrogens with one attached hydrogen (secondary N) is 1. The first-order valence-electron chi connectivity index (χ1n) is 8.64. The average Bonchev–Trinajstić information content (AvgIpc) is 2.69. The number of pyridine rings is 1. The number of carbonyl (C=O) groups excluding carboxylic acids is 2. The molecule has 0 saturated carbocycles. The van der Waals surface area contributed by atoms with Gasteiger partial charge in [0.2, 0.25) is 11.8 Å². The lowest BCUT2D eigenvalue weighted by atomic mass is 10.1. The molecule has 138 valence electrons. The molecule has 2 aromatic rings. The zero-order chi connectivity index (χ0) is 18.8. The Morgan fingerprint density at radius 2 is 1.92 bits per heavy atom. The highest BCUT2D eigenvalue weighted by molar-refractivity contribution is 5.89. The maximum absolute atomic E-state index is 12.1. The second kappa shape index (κ2) is 10.2. The summed E-state index contributed by atoms with van der Waals surface area (Å²) >= 11 is 0. The van der Waals surface area contributed by atoms with Crippen molar-refractivity contribution < 1.29 is 19.1 Å². The van der Waals surface area contributed by atoms with E-state index in [0.29, 0.717) is 37.4 Å². The second-order valence-electron chi connectivity index (χ2n) is 5.78. The number of hydrogen-bond acceptors (Lipinski definition) is 5. The lowest BCUT2D eigenvalue weighted by Crippen LogP contribution is -2.23. The van der Waals surface area contributed by atoms with Gasteiger partial charge in [0.1, 0.15) is 0 Å². The minimum Gasteiger partial charge on any atom is -0.477 e. The molecular weight excluding hydrogens is 332 g/mol. The molecule has 0 aliphatic heterocycles. The molecular formula is C20H24N2O4. The number of carbonyl (C=O) groups is 2. The standard InChI is InChI=1S/C20H24N2O4/c1-3-13-26-19-17(5-4-12-21-19)14-22-18(23)11-8-15-6-9-16(10-7-15)20(24)25-2/h4-7,9-10,12H,3,8,11,13-14H2,1-2H3,(H,22,23). The van der Waals surface area contributed by atoms with E-state index in [1.807, 2.05) is 31.2 Å². The molecule has 1 aromatic carbocycles. The van der Waals surface area contributed by atoms with Gasteiger partial charge in [0, 0.05) is 24.7 Å². The molecule has 0 aliphatic carbocycles. The van der Waals surface area contributed by atoms with E-state index in [1.165, 1.54) is 7.11 Å². The number of ether oxygens (including phenoxy) is 2. The number of benzene rings is 1. The third-order valence-corrected chi connectivity index (χ3v) is 3.78. The summed E-state index contributed by atoms with van der Waals surface area (Å²) in [4.78, 5) is 27.7. The molecule has 0 aliphatic rings. The first-order chi connectivity index (χ1) is 12.6. The fourth-order valence-corrected chi connectivity index (χ4v) is 2.35. The van der Waals surface area contributed by atoms with Gasteiger partial charge in [-0.05, 0) is 36.6 Å². The SMILES string of the molecule is CCCOc1ncccc1CNC(=O)CCc1ccc(C(=O)OC)cc1. The molecule has 0 spiro atoms. The van der Waals surface area contributed by atoms with Crippen molar-refractivity contribution in [3.8, 4) is 5.88 Å². The highest BCUT2D eigenvalue weighted by atomic mass is 16.5.